The first-order valence-electron chi connectivity index (χ1n) is 5.50. The number of hydrogen-bond acceptors (Lipinski definition) is 3. The fraction of sp³-hybridized carbons (Fsp3) is 0.333. The molecule has 16 heavy (non-hydrogen) atoms. The zero-order valence-corrected chi connectivity index (χ0v) is 8.87. The topological polar surface area (TPSA) is 50.4 Å². The van der Waals surface area contributed by atoms with E-state index in [4.69, 9.17) is 5.21 Å². The molecule has 4 heteroatoms. The minimum Gasteiger partial charge on any atom is -0.411 e. The van der Waals surface area contributed by atoms with Crippen molar-refractivity contribution in [2.45, 2.75) is 25.3 Å². The van der Waals surface area contributed by atoms with Gasteiger partial charge in [0.15, 0.2) is 0 Å². The van der Waals surface area contributed by atoms with E-state index in [1.54, 1.807) is 0 Å². The lowest BCUT2D eigenvalue weighted by Gasteiger charge is -2.11. The van der Waals surface area contributed by atoms with Gasteiger partial charge in [-0.1, -0.05) is 17.3 Å². The molecule has 1 atom stereocenters. The van der Waals surface area contributed by atoms with Crippen LogP contribution in [0.15, 0.2) is 35.7 Å². The Balaban J connectivity index is 2.01. The summed E-state index contributed by atoms with van der Waals surface area (Å²) in [6.45, 7) is 0. The summed E-state index contributed by atoms with van der Waals surface area (Å²) in [4.78, 5) is 4.37. The van der Waals surface area contributed by atoms with E-state index in [1.807, 2.05) is 24.5 Å². The summed E-state index contributed by atoms with van der Waals surface area (Å²) in [5.74, 6) is 0. The number of nitrogens with zero attached hydrogens (tertiary/aromatic N) is 3. The molecular weight excluding hydrogens is 202 g/mol. The Bertz CT molecular complexity index is 544. The minimum atomic E-state index is 0.387. The van der Waals surface area contributed by atoms with Gasteiger partial charge in [0, 0.05) is 12.5 Å². The number of fused-ring (bicyclic) bond motifs is 1. The molecule has 1 aromatic carbocycles. The molecule has 1 unspecified atom stereocenters. The Morgan fingerprint density at radius 3 is 3.06 bits per heavy atom. The molecule has 0 radical (unpaired) electrons. The molecule has 1 heterocycles. The van der Waals surface area contributed by atoms with E-state index in [2.05, 4.69) is 20.8 Å². The van der Waals surface area contributed by atoms with Gasteiger partial charge < -0.3 is 9.77 Å². The summed E-state index contributed by atoms with van der Waals surface area (Å²) in [5, 5.41) is 12.1. The first-order valence-corrected chi connectivity index (χ1v) is 5.50. The van der Waals surface area contributed by atoms with Crippen molar-refractivity contribution < 1.29 is 5.21 Å². The highest BCUT2D eigenvalue weighted by Crippen LogP contribution is 2.30. The Morgan fingerprint density at radius 2 is 2.25 bits per heavy atom. The van der Waals surface area contributed by atoms with Crippen LogP contribution >= 0.6 is 0 Å². The molecule has 1 saturated carbocycles. The van der Waals surface area contributed by atoms with Crippen molar-refractivity contribution in [1.82, 2.24) is 9.55 Å². The fourth-order valence-corrected chi connectivity index (χ4v) is 2.41. The number of benzene rings is 1. The maximum atomic E-state index is 8.76. The maximum absolute atomic E-state index is 8.76. The molecule has 4 nitrogen and oxygen atoms in total. The smallest absolute Gasteiger partial charge is 0.0961 e. The second-order valence-electron chi connectivity index (χ2n) is 4.20. The van der Waals surface area contributed by atoms with Gasteiger partial charge in [0.2, 0.25) is 0 Å². The van der Waals surface area contributed by atoms with Crippen LogP contribution in [-0.4, -0.2) is 20.5 Å². The predicted molar refractivity (Wildman–Crippen MR) is 61.8 cm³/mol. The highest BCUT2D eigenvalue weighted by atomic mass is 16.4. The summed E-state index contributed by atoms with van der Waals surface area (Å²) in [6, 6.07) is 8.50. The van der Waals surface area contributed by atoms with Gasteiger partial charge in [0.1, 0.15) is 0 Å². The van der Waals surface area contributed by atoms with Crippen molar-refractivity contribution in [3.63, 3.8) is 0 Å². The number of hydrogen-bond donors (Lipinski definition) is 1. The van der Waals surface area contributed by atoms with Crippen LogP contribution in [-0.2, 0) is 0 Å². The molecule has 1 fully saturated rings. The third-order valence-corrected chi connectivity index (χ3v) is 3.25. The predicted octanol–water partition coefficient (Wildman–Crippen LogP) is 2.59. The van der Waals surface area contributed by atoms with Crippen LogP contribution in [0.25, 0.3) is 11.0 Å². The first kappa shape index (κ1) is 9.39. The van der Waals surface area contributed by atoms with Crippen LogP contribution in [0, 0.1) is 0 Å². The van der Waals surface area contributed by atoms with E-state index in [-0.39, 0.29) is 0 Å². The van der Waals surface area contributed by atoms with E-state index >= 15 is 0 Å². The lowest BCUT2D eigenvalue weighted by molar-refractivity contribution is 0.317. The normalized spacial score (nSPS) is 23.2. The standard InChI is InChI=1S/C12H13N3O/c16-14-9-5-6-10(7-9)15-8-13-11-3-1-2-4-12(11)15/h1-4,8,10,16H,5-7H2. The molecular formula is C12H13N3O. The molecule has 0 saturated heterocycles. The summed E-state index contributed by atoms with van der Waals surface area (Å²) in [5.41, 5.74) is 3.08. The van der Waals surface area contributed by atoms with Crippen molar-refractivity contribution in [1.29, 1.82) is 0 Å². The van der Waals surface area contributed by atoms with E-state index in [0.29, 0.717) is 6.04 Å². The van der Waals surface area contributed by atoms with Crippen molar-refractivity contribution in [2.24, 2.45) is 5.16 Å². The van der Waals surface area contributed by atoms with E-state index in [1.165, 1.54) is 0 Å². The van der Waals surface area contributed by atoms with Crippen LogP contribution in [0.1, 0.15) is 25.3 Å². The molecule has 82 valence electrons. The summed E-state index contributed by atoms with van der Waals surface area (Å²) in [7, 11) is 0. The van der Waals surface area contributed by atoms with Crippen LogP contribution in [0.5, 0.6) is 0 Å². The highest BCUT2D eigenvalue weighted by molar-refractivity contribution is 5.86. The van der Waals surface area contributed by atoms with Gasteiger partial charge in [-0.3, -0.25) is 0 Å². The number of aromatic nitrogens is 2. The van der Waals surface area contributed by atoms with Gasteiger partial charge in [-0.2, -0.15) is 0 Å². The largest absolute Gasteiger partial charge is 0.411 e. The maximum Gasteiger partial charge on any atom is 0.0961 e. The van der Waals surface area contributed by atoms with Crippen molar-refractivity contribution in [3.8, 4) is 0 Å². The first-order chi connectivity index (χ1) is 7.88. The molecule has 1 N–H and O–H groups in total. The van der Waals surface area contributed by atoms with Gasteiger partial charge in [-0.15, -0.1) is 0 Å². The lowest BCUT2D eigenvalue weighted by atomic mass is 10.2. The molecule has 0 spiro atoms. The molecule has 0 bridgehead atoms. The molecule has 3 rings (SSSR count). The minimum absolute atomic E-state index is 0.387. The monoisotopic (exact) mass is 215 g/mol. The average molecular weight is 215 g/mol. The molecule has 1 aliphatic rings. The second kappa shape index (κ2) is 3.63. The van der Waals surface area contributed by atoms with Crippen LogP contribution in [0.2, 0.25) is 0 Å². The van der Waals surface area contributed by atoms with Crippen LogP contribution in [0.3, 0.4) is 0 Å². The Hall–Kier alpha value is -1.84. The molecule has 1 aliphatic carbocycles. The third kappa shape index (κ3) is 1.38. The molecule has 1 aromatic heterocycles. The van der Waals surface area contributed by atoms with Crippen molar-refractivity contribution >= 4 is 16.7 Å². The van der Waals surface area contributed by atoms with Crippen molar-refractivity contribution in [3.05, 3.63) is 30.6 Å². The van der Waals surface area contributed by atoms with Crippen LogP contribution in [0.4, 0.5) is 0 Å². The number of rotatable bonds is 1. The van der Waals surface area contributed by atoms with Gasteiger partial charge in [0.25, 0.3) is 0 Å². The third-order valence-electron chi connectivity index (χ3n) is 3.25. The quantitative estimate of drug-likeness (QED) is 0.587. The van der Waals surface area contributed by atoms with E-state index in [9.17, 15) is 0 Å². The van der Waals surface area contributed by atoms with E-state index in [0.717, 1.165) is 36.0 Å². The lowest BCUT2D eigenvalue weighted by Crippen LogP contribution is -2.03. The Morgan fingerprint density at radius 1 is 1.38 bits per heavy atom. The fourth-order valence-electron chi connectivity index (χ4n) is 2.41. The zero-order chi connectivity index (χ0) is 11.0. The average Bonchev–Trinajstić information content (AvgIpc) is 2.94. The second-order valence-corrected chi connectivity index (χ2v) is 4.20. The summed E-state index contributed by atoms with van der Waals surface area (Å²) >= 11 is 0. The number of oxime groups is 1. The molecule has 0 aliphatic heterocycles. The highest BCUT2D eigenvalue weighted by Gasteiger charge is 2.23. The molecule has 2 aromatic rings. The number of imidazole rings is 1. The van der Waals surface area contributed by atoms with Gasteiger partial charge in [-0.05, 0) is 25.0 Å². The summed E-state index contributed by atoms with van der Waals surface area (Å²) in [6.07, 6.45) is 4.62. The SMILES string of the molecule is ON=C1CCC(n2cnc3ccccc32)C1. The number of para-hydroxylation sites is 2. The van der Waals surface area contributed by atoms with E-state index < -0.39 is 0 Å². The van der Waals surface area contributed by atoms with Crippen LogP contribution < -0.4 is 0 Å². The Kier molecular flexibility index (Phi) is 2.13. The zero-order valence-electron chi connectivity index (χ0n) is 8.87. The summed E-state index contributed by atoms with van der Waals surface area (Å²) < 4.78 is 2.19. The van der Waals surface area contributed by atoms with Gasteiger partial charge in [-0.25, -0.2) is 4.98 Å². The van der Waals surface area contributed by atoms with Gasteiger partial charge in [0.05, 0.1) is 23.1 Å². The van der Waals surface area contributed by atoms with Crippen molar-refractivity contribution in [2.75, 3.05) is 0 Å². The van der Waals surface area contributed by atoms with Gasteiger partial charge >= 0.3 is 0 Å². The molecule has 0 amide bonds. The Labute approximate surface area is 93.2 Å².